The van der Waals surface area contributed by atoms with Gasteiger partial charge in [0.25, 0.3) is 0 Å². The maximum absolute atomic E-state index is 12.8. The molecule has 0 aromatic heterocycles. The van der Waals surface area contributed by atoms with Crippen LogP contribution in [0.5, 0.6) is 0 Å². The molecule has 0 saturated carbocycles. The van der Waals surface area contributed by atoms with Gasteiger partial charge < -0.3 is 0 Å². The second kappa shape index (κ2) is 7.72. The molecule has 22 heavy (non-hydrogen) atoms. The average molecular weight is 342 g/mol. The summed E-state index contributed by atoms with van der Waals surface area (Å²) >= 11 is 5.96. The third-order valence-electron chi connectivity index (χ3n) is 3.18. The van der Waals surface area contributed by atoms with E-state index in [-0.39, 0.29) is 11.6 Å². The number of benzene rings is 2. The zero-order chi connectivity index (χ0) is 16.0. The first-order chi connectivity index (χ1) is 10.5. The van der Waals surface area contributed by atoms with Gasteiger partial charge in [0.1, 0.15) is 5.82 Å². The number of halogens is 2. The predicted octanol–water partition coefficient (Wildman–Crippen LogP) is 3.53. The predicted molar refractivity (Wildman–Crippen MR) is 86.8 cm³/mol. The van der Waals surface area contributed by atoms with Gasteiger partial charge in [-0.05, 0) is 42.2 Å². The highest BCUT2D eigenvalue weighted by Crippen LogP contribution is 2.17. The van der Waals surface area contributed by atoms with Gasteiger partial charge in [-0.2, -0.15) is 0 Å². The van der Waals surface area contributed by atoms with Crippen LogP contribution in [0.1, 0.15) is 17.5 Å². The van der Waals surface area contributed by atoms with Crippen molar-refractivity contribution in [2.75, 3.05) is 6.54 Å². The topological polar surface area (TPSA) is 46.2 Å². The van der Waals surface area contributed by atoms with E-state index >= 15 is 0 Å². The van der Waals surface area contributed by atoms with Gasteiger partial charge in [0.2, 0.25) is 10.0 Å². The fourth-order valence-electron chi connectivity index (χ4n) is 2.04. The number of sulfonamides is 1. The van der Waals surface area contributed by atoms with E-state index < -0.39 is 10.0 Å². The molecular weight excluding hydrogens is 325 g/mol. The van der Waals surface area contributed by atoms with Crippen molar-refractivity contribution in [2.45, 2.75) is 18.6 Å². The minimum atomic E-state index is -3.41. The lowest BCUT2D eigenvalue weighted by atomic mass is 10.1. The molecule has 3 nitrogen and oxygen atoms in total. The molecule has 0 spiro atoms. The van der Waals surface area contributed by atoms with Crippen molar-refractivity contribution in [1.29, 1.82) is 0 Å². The summed E-state index contributed by atoms with van der Waals surface area (Å²) in [5.41, 5.74) is 1.56. The monoisotopic (exact) mass is 341 g/mol. The highest BCUT2D eigenvalue weighted by Gasteiger charge is 2.12. The molecule has 2 aromatic carbocycles. The summed E-state index contributed by atoms with van der Waals surface area (Å²) in [6, 6.07) is 13.1. The van der Waals surface area contributed by atoms with Crippen LogP contribution in [0.4, 0.5) is 4.39 Å². The van der Waals surface area contributed by atoms with Crippen molar-refractivity contribution in [2.24, 2.45) is 0 Å². The van der Waals surface area contributed by atoms with Gasteiger partial charge in [0.05, 0.1) is 5.75 Å². The number of hydrogen-bond acceptors (Lipinski definition) is 2. The molecule has 118 valence electrons. The van der Waals surface area contributed by atoms with Crippen molar-refractivity contribution in [3.05, 3.63) is 70.5 Å². The molecule has 2 rings (SSSR count). The SMILES string of the molecule is O=S(=O)(Cc1ccccc1Cl)NCCCc1ccc(F)cc1. The number of aryl methyl sites for hydroxylation is 1. The fraction of sp³-hybridized carbons (Fsp3) is 0.250. The van der Waals surface area contributed by atoms with Crippen LogP contribution in [0.3, 0.4) is 0 Å². The van der Waals surface area contributed by atoms with Crippen LogP contribution >= 0.6 is 11.6 Å². The minimum Gasteiger partial charge on any atom is -0.215 e. The molecule has 0 saturated heterocycles. The molecular formula is C16H17ClFNO2S. The van der Waals surface area contributed by atoms with Crippen LogP contribution < -0.4 is 4.72 Å². The average Bonchev–Trinajstić information content (AvgIpc) is 2.48. The first-order valence-electron chi connectivity index (χ1n) is 6.91. The minimum absolute atomic E-state index is 0.136. The first-order valence-corrected chi connectivity index (χ1v) is 8.94. The molecule has 0 aliphatic heterocycles. The Labute approximate surface area is 135 Å². The molecule has 0 amide bonds. The normalized spacial score (nSPS) is 11.5. The third kappa shape index (κ3) is 5.40. The molecule has 0 heterocycles. The molecule has 0 aliphatic carbocycles. The summed E-state index contributed by atoms with van der Waals surface area (Å²) in [5.74, 6) is -0.410. The Hall–Kier alpha value is -1.43. The van der Waals surface area contributed by atoms with Crippen LogP contribution in [0.25, 0.3) is 0 Å². The maximum atomic E-state index is 12.8. The maximum Gasteiger partial charge on any atom is 0.215 e. The molecule has 2 aromatic rings. The van der Waals surface area contributed by atoms with Crippen molar-refractivity contribution in [1.82, 2.24) is 4.72 Å². The zero-order valence-electron chi connectivity index (χ0n) is 11.9. The second-order valence-corrected chi connectivity index (χ2v) is 7.19. The Balaban J connectivity index is 1.80. The van der Waals surface area contributed by atoms with Gasteiger partial charge in [-0.3, -0.25) is 0 Å². The van der Waals surface area contributed by atoms with E-state index in [0.29, 0.717) is 30.0 Å². The van der Waals surface area contributed by atoms with Crippen LogP contribution in [0, 0.1) is 5.82 Å². The summed E-state index contributed by atoms with van der Waals surface area (Å²) < 4.78 is 39.3. The van der Waals surface area contributed by atoms with Gasteiger partial charge in [-0.15, -0.1) is 0 Å². The molecule has 0 atom stereocenters. The lowest BCUT2D eigenvalue weighted by Gasteiger charge is -2.08. The molecule has 0 fully saturated rings. The Bertz CT molecular complexity index is 717. The van der Waals surface area contributed by atoms with Gasteiger partial charge >= 0.3 is 0 Å². The van der Waals surface area contributed by atoms with Crippen LogP contribution in [0.15, 0.2) is 48.5 Å². The van der Waals surface area contributed by atoms with Crippen molar-refractivity contribution >= 4 is 21.6 Å². The highest BCUT2D eigenvalue weighted by molar-refractivity contribution is 7.88. The number of hydrogen-bond donors (Lipinski definition) is 1. The van der Waals surface area contributed by atoms with Gasteiger partial charge in [-0.25, -0.2) is 17.5 Å². The molecule has 0 bridgehead atoms. The lowest BCUT2D eigenvalue weighted by molar-refractivity contribution is 0.578. The highest BCUT2D eigenvalue weighted by atomic mass is 35.5. The Morgan fingerprint density at radius 3 is 2.41 bits per heavy atom. The molecule has 0 aliphatic rings. The Kier molecular flexibility index (Phi) is 5.94. The fourth-order valence-corrected chi connectivity index (χ4v) is 3.54. The number of rotatable bonds is 7. The summed E-state index contributed by atoms with van der Waals surface area (Å²) in [6.45, 7) is 0.337. The van der Waals surface area contributed by atoms with E-state index in [1.807, 2.05) is 0 Å². The van der Waals surface area contributed by atoms with Crippen molar-refractivity contribution in [3.8, 4) is 0 Å². The van der Waals surface area contributed by atoms with E-state index in [9.17, 15) is 12.8 Å². The Morgan fingerprint density at radius 1 is 1.05 bits per heavy atom. The third-order valence-corrected chi connectivity index (χ3v) is 4.88. The Morgan fingerprint density at radius 2 is 1.73 bits per heavy atom. The molecule has 6 heteroatoms. The second-order valence-electron chi connectivity index (χ2n) is 4.97. The van der Waals surface area contributed by atoms with Crippen molar-refractivity contribution < 1.29 is 12.8 Å². The summed E-state index contributed by atoms with van der Waals surface area (Å²) in [7, 11) is -3.41. The number of nitrogens with one attached hydrogen (secondary N) is 1. The van der Waals surface area contributed by atoms with Crippen LogP contribution in [-0.4, -0.2) is 15.0 Å². The molecule has 1 N–H and O–H groups in total. The lowest BCUT2D eigenvalue weighted by Crippen LogP contribution is -2.26. The van der Waals surface area contributed by atoms with Gasteiger partial charge in [0, 0.05) is 11.6 Å². The quantitative estimate of drug-likeness (QED) is 0.783. The summed E-state index contributed by atoms with van der Waals surface area (Å²) in [4.78, 5) is 0. The smallest absolute Gasteiger partial charge is 0.215 e. The van der Waals surface area contributed by atoms with E-state index in [1.165, 1.54) is 12.1 Å². The van der Waals surface area contributed by atoms with E-state index in [2.05, 4.69) is 4.72 Å². The standard InChI is InChI=1S/C16H17ClFNO2S/c17-16-6-2-1-5-14(16)12-22(20,21)19-11-3-4-13-7-9-15(18)10-8-13/h1-2,5-10,19H,3-4,11-12H2. The first kappa shape index (κ1) is 16.9. The molecule has 0 radical (unpaired) electrons. The summed E-state index contributed by atoms with van der Waals surface area (Å²) in [6.07, 6.45) is 1.34. The van der Waals surface area contributed by atoms with Gasteiger partial charge in [0.15, 0.2) is 0 Å². The van der Waals surface area contributed by atoms with Crippen LogP contribution in [-0.2, 0) is 22.2 Å². The van der Waals surface area contributed by atoms with E-state index in [0.717, 1.165) is 5.56 Å². The van der Waals surface area contributed by atoms with Gasteiger partial charge in [-0.1, -0.05) is 41.9 Å². The van der Waals surface area contributed by atoms with E-state index in [1.54, 1.807) is 36.4 Å². The molecule has 0 unspecified atom stereocenters. The summed E-state index contributed by atoms with van der Waals surface area (Å²) in [5, 5.41) is 0.444. The van der Waals surface area contributed by atoms with Crippen LogP contribution in [0.2, 0.25) is 5.02 Å². The van der Waals surface area contributed by atoms with E-state index in [4.69, 9.17) is 11.6 Å². The largest absolute Gasteiger partial charge is 0.215 e. The van der Waals surface area contributed by atoms with Crippen molar-refractivity contribution in [3.63, 3.8) is 0 Å². The zero-order valence-corrected chi connectivity index (χ0v) is 13.5.